The Morgan fingerprint density at radius 1 is 1.08 bits per heavy atom. The Morgan fingerprint density at radius 3 is 2.68 bits per heavy atom. The molecular weight excluding hydrogens is 332 g/mol. The third kappa shape index (κ3) is 2.20. The quantitative estimate of drug-likeness (QED) is 0.512. The summed E-state index contributed by atoms with van der Waals surface area (Å²) in [7, 11) is 0. The molecule has 2 atom stereocenters. The lowest BCUT2D eigenvalue weighted by Crippen LogP contribution is -2.44. The van der Waals surface area contributed by atoms with Crippen molar-refractivity contribution in [3.8, 4) is 0 Å². The number of rotatable bonds is 2. The Kier molecular flexibility index (Phi) is 3.20. The summed E-state index contributed by atoms with van der Waals surface area (Å²) in [6.07, 6.45) is 0.493. The van der Waals surface area contributed by atoms with Gasteiger partial charge in [-0.15, -0.1) is 11.3 Å². The monoisotopic (exact) mass is 348 g/mol. The molecule has 0 spiro atoms. The zero-order chi connectivity index (χ0) is 17.0. The van der Waals surface area contributed by atoms with Gasteiger partial charge in [-0.3, -0.25) is 10.1 Å². The third-order valence-corrected chi connectivity index (χ3v) is 6.01. The number of para-hydroxylation sites is 1. The maximum absolute atomic E-state index is 11.7. The Labute approximate surface area is 148 Å². The van der Waals surface area contributed by atoms with E-state index in [9.17, 15) is 9.90 Å². The lowest BCUT2D eigenvalue weighted by atomic mass is 9.90. The number of fused-ring (bicyclic) bond motifs is 4. The molecule has 0 saturated heterocycles. The zero-order valence-electron chi connectivity index (χ0n) is 13.3. The van der Waals surface area contributed by atoms with Crippen LogP contribution in [0.5, 0.6) is 0 Å². The fourth-order valence-electron chi connectivity index (χ4n) is 3.86. The summed E-state index contributed by atoms with van der Waals surface area (Å²) in [6.45, 7) is 0. The first-order valence-electron chi connectivity index (χ1n) is 8.27. The van der Waals surface area contributed by atoms with E-state index in [1.165, 1.54) is 10.1 Å². The molecule has 0 fully saturated rings. The van der Waals surface area contributed by atoms with Crippen LogP contribution < -0.4 is 5.32 Å². The summed E-state index contributed by atoms with van der Waals surface area (Å²) < 4.78 is 1.22. The van der Waals surface area contributed by atoms with E-state index in [4.69, 9.17) is 0 Å². The van der Waals surface area contributed by atoms with Gasteiger partial charge in [-0.25, -0.2) is 0 Å². The van der Waals surface area contributed by atoms with Crippen LogP contribution in [0.4, 0.5) is 0 Å². The number of aromatic nitrogens is 1. The van der Waals surface area contributed by atoms with Gasteiger partial charge in [0.15, 0.2) is 0 Å². The van der Waals surface area contributed by atoms with Crippen molar-refractivity contribution in [3.63, 3.8) is 0 Å². The summed E-state index contributed by atoms with van der Waals surface area (Å²) in [5.74, 6) is -0.805. The van der Waals surface area contributed by atoms with E-state index in [1.807, 2.05) is 30.3 Å². The fraction of sp³-hybridized carbons (Fsp3) is 0.150. The molecule has 0 saturated carbocycles. The normalized spacial score (nSPS) is 20.0. The molecule has 4 aromatic rings. The van der Waals surface area contributed by atoms with Crippen LogP contribution in [-0.4, -0.2) is 22.1 Å². The van der Waals surface area contributed by atoms with Gasteiger partial charge in [0.1, 0.15) is 6.04 Å². The van der Waals surface area contributed by atoms with Gasteiger partial charge in [-0.05, 0) is 34.0 Å². The first kappa shape index (κ1) is 14.7. The summed E-state index contributed by atoms with van der Waals surface area (Å²) in [4.78, 5) is 15.3. The molecule has 0 amide bonds. The topological polar surface area (TPSA) is 65.1 Å². The highest BCUT2D eigenvalue weighted by molar-refractivity contribution is 7.17. The number of carboxylic acid groups (broad SMARTS) is 1. The molecule has 1 aliphatic heterocycles. The van der Waals surface area contributed by atoms with Crippen LogP contribution in [0, 0.1) is 0 Å². The molecule has 5 heteroatoms. The van der Waals surface area contributed by atoms with Gasteiger partial charge in [0.05, 0.1) is 6.04 Å². The number of H-pyrrole nitrogens is 1. The minimum absolute atomic E-state index is 0.145. The summed E-state index contributed by atoms with van der Waals surface area (Å²) >= 11 is 1.70. The number of nitrogens with one attached hydrogen (secondary N) is 2. The molecule has 3 heterocycles. The van der Waals surface area contributed by atoms with Crippen molar-refractivity contribution in [1.29, 1.82) is 0 Å². The van der Waals surface area contributed by atoms with Crippen LogP contribution in [0.1, 0.15) is 22.9 Å². The highest BCUT2D eigenvalue weighted by Crippen LogP contribution is 2.39. The van der Waals surface area contributed by atoms with Gasteiger partial charge in [0.25, 0.3) is 0 Å². The predicted molar refractivity (Wildman–Crippen MR) is 100 cm³/mol. The maximum atomic E-state index is 11.7. The maximum Gasteiger partial charge on any atom is 0.321 e. The van der Waals surface area contributed by atoms with E-state index >= 15 is 0 Å². The molecule has 1 aliphatic rings. The minimum Gasteiger partial charge on any atom is -0.480 e. The van der Waals surface area contributed by atoms with Gasteiger partial charge in [-0.1, -0.05) is 36.4 Å². The second-order valence-electron chi connectivity index (χ2n) is 6.44. The number of carbonyl (C=O) groups is 1. The highest BCUT2D eigenvalue weighted by atomic mass is 32.1. The van der Waals surface area contributed by atoms with Crippen molar-refractivity contribution in [2.75, 3.05) is 0 Å². The van der Waals surface area contributed by atoms with Crippen LogP contribution in [-0.2, 0) is 11.2 Å². The second-order valence-corrected chi connectivity index (χ2v) is 7.36. The van der Waals surface area contributed by atoms with E-state index in [0.717, 1.165) is 27.7 Å². The van der Waals surface area contributed by atoms with Gasteiger partial charge in [-0.2, -0.15) is 0 Å². The molecule has 25 heavy (non-hydrogen) atoms. The highest BCUT2D eigenvalue weighted by Gasteiger charge is 2.34. The molecule has 2 aromatic carbocycles. The predicted octanol–water partition coefficient (Wildman–Crippen LogP) is 4.07. The van der Waals surface area contributed by atoms with Crippen molar-refractivity contribution in [2.24, 2.45) is 0 Å². The van der Waals surface area contributed by atoms with Crippen LogP contribution >= 0.6 is 11.3 Å². The van der Waals surface area contributed by atoms with Crippen LogP contribution in [0.3, 0.4) is 0 Å². The van der Waals surface area contributed by atoms with Gasteiger partial charge in [0, 0.05) is 27.7 Å². The molecule has 4 nitrogen and oxygen atoms in total. The third-order valence-electron chi connectivity index (χ3n) is 5.03. The molecule has 5 rings (SSSR count). The van der Waals surface area contributed by atoms with Gasteiger partial charge < -0.3 is 10.1 Å². The van der Waals surface area contributed by atoms with Crippen molar-refractivity contribution in [2.45, 2.75) is 18.5 Å². The SMILES string of the molecule is O=C(O)C1Cc2c([nH]c3ccccc23)C(c2csc3ccccc23)N1. The summed E-state index contributed by atoms with van der Waals surface area (Å²) in [6, 6.07) is 15.7. The number of benzene rings is 2. The number of aliphatic carboxylic acids is 1. The lowest BCUT2D eigenvalue weighted by molar-refractivity contribution is -0.139. The first-order valence-corrected chi connectivity index (χ1v) is 9.15. The smallest absolute Gasteiger partial charge is 0.321 e. The van der Waals surface area contributed by atoms with E-state index < -0.39 is 12.0 Å². The van der Waals surface area contributed by atoms with Crippen LogP contribution in [0.15, 0.2) is 53.9 Å². The van der Waals surface area contributed by atoms with Crippen molar-refractivity contribution >= 4 is 38.3 Å². The molecule has 0 aliphatic carbocycles. The molecule has 3 N–H and O–H groups in total. The van der Waals surface area contributed by atoms with Crippen molar-refractivity contribution < 1.29 is 9.90 Å². The molecule has 124 valence electrons. The lowest BCUT2D eigenvalue weighted by Gasteiger charge is -2.29. The molecule has 2 aromatic heterocycles. The van der Waals surface area contributed by atoms with E-state index in [-0.39, 0.29) is 6.04 Å². The van der Waals surface area contributed by atoms with E-state index in [2.05, 4.69) is 33.9 Å². The molecule has 0 radical (unpaired) electrons. The van der Waals surface area contributed by atoms with Gasteiger partial charge >= 0.3 is 5.97 Å². The van der Waals surface area contributed by atoms with E-state index in [0.29, 0.717) is 6.42 Å². The summed E-state index contributed by atoms with van der Waals surface area (Å²) in [5.41, 5.74) is 4.40. The fourth-order valence-corrected chi connectivity index (χ4v) is 4.85. The second kappa shape index (κ2) is 5.44. The molecular formula is C20H16N2O2S. The standard InChI is InChI=1S/C20H16N2O2S/c23-20(24)16-9-13-11-5-1-3-7-15(11)21-18(13)19(22-16)14-10-25-17-8-4-2-6-12(14)17/h1-8,10,16,19,21-22H,9H2,(H,23,24). The summed E-state index contributed by atoms with van der Waals surface area (Å²) in [5, 5.41) is 17.4. The number of hydrogen-bond acceptors (Lipinski definition) is 3. The van der Waals surface area contributed by atoms with Crippen molar-refractivity contribution in [3.05, 3.63) is 70.7 Å². The Hall–Kier alpha value is -2.63. The number of thiophene rings is 1. The van der Waals surface area contributed by atoms with Crippen LogP contribution in [0.25, 0.3) is 21.0 Å². The Balaban J connectivity index is 1.75. The molecule has 0 bridgehead atoms. The van der Waals surface area contributed by atoms with Crippen LogP contribution in [0.2, 0.25) is 0 Å². The van der Waals surface area contributed by atoms with E-state index in [1.54, 1.807) is 11.3 Å². The van der Waals surface area contributed by atoms with Gasteiger partial charge in [0.2, 0.25) is 0 Å². The minimum atomic E-state index is -0.805. The van der Waals surface area contributed by atoms with Crippen molar-refractivity contribution in [1.82, 2.24) is 10.3 Å². The average molecular weight is 348 g/mol. The Morgan fingerprint density at radius 2 is 1.84 bits per heavy atom. The first-order chi connectivity index (χ1) is 12.2. The Bertz CT molecular complexity index is 1110. The zero-order valence-corrected chi connectivity index (χ0v) is 14.1. The number of carboxylic acids is 1. The largest absolute Gasteiger partial charge is 0.480 e. The number of aromatic amines is 1. The molecule has 2 unspecified atom stereocenters. The number of hydrogen-bond donors (Lipinski definition) is 3. The average Bonchev–Trinajstić information content (AvgIpc) is 3.22.